The van der Waals surface area contributed by atoms with E-state index in [4.69, 9.17) is 4.74 Å². The number of ether oxygens (including phenoxy) is 1. The first-order valence-electron chi connectivity index (χ1n) is 7.30. The van der Waals surface area contributed by atoms with Gasteiger partial charge in [0.05, 0.1) is 31.1 Å². The maximum Gasteiger partial charge on any atom is 0.258 e. The second-order valence-electron chi connectivity index (χ2n) is 5.41. The Morgan fingerprint density at radius 2 is 2.32 bits per heavy atom. The minimum atomic E-state index is -0.532. The summed E-state index contributed by atoms with van der Waals surface area (Å²) in [5.41, 5.74) is 0.562. The van der Waals surface area contributed by atoms with Crippen molar-refractivity contribution in [3.05, 3.63) is 40.4 Å². The van der Waals surface area contributed by atoms with E-state index in [2.05, 4.69) is 4.98 Å². The van der Waals surface area contributed by atoms with Crippen molar-refractivity contribution in [2.45, 2.75) is 25.6 Å². The van der Waals surface area contributed by atoms with E-state index >= 15 is 0 Å². The molecule has 2 atom stereocenters. The van der Waals surface area contributed by atoms with Gasteiger partial charge in [-0.2, -0.15) is 0 Å². The van der Waals surface area contributed by atoms with Crippen LogP contribution in [0.25, 0.3) is 5.65 Å². The van der Waals surface area contributed by atoms with Crippen LogP contribution in [0.2, 0.25) is 0 Å². The van der Waals surface area contributed by atoms with Gasteiger partial charge in [-0.15, -0.1) is 0 Å². The predicted octanol–water partition coefficient (Wildman–Crippen LogP) is -0.0183. The molecule has 0 spiro atoms. The number of rotatable bonds is 4. The van der Waals surface area contributed by atoms with Gasteiger partial charge in [-0.05, 0) is 18.7 Å². The van der Waals surface area contributed by atoms with Crippen molar-refractivity contribution in [2.75, 3.05) is 19.8 Å². The zero-order chi connectivity index (χ0) is 15.7. The SMILES string of the molecule is CCN(Cc1cc(=O)n2cccc(O)c2n1)[C@@H]1COC[C@H]1O. The third kappa shape index (κ3) is 2.70. The van der Waals surface area contributed by atoms with Crippen molar-refractivity contribution >= 4 is 5.65 Å². The minimum Gasteiger partial charge on any atom is -0.504 e. The second kappa shape index (κ2) is 6.04. The van der Waals surface area contributed by atoms with E-state index in [1.165, 1.54) is 16.5 Å². The second-order valence-corrected chi connectivity index (χ2v) is 5.41. The fourth-order valence-electron chi connectivity index (χ4n) is 2.79. The first kappa shape index (κ1) is 15.0. The molecule has 1 aliphatic heterocycles. The van der Waals surface area contributed by atoms with Gasteiger partial charge >= 0.3 is 0 Å². The van der Waals surface area contributed by atoms with E-state index in [1.807, 2.05) is 11.8 Å². The molecule has 118 valence electrons. The number of aliphatic hydroxyl groups excluding tert-OH is 1. The Hall–Kier alpha value is -1.96. The molecular weight excluding hydrogens is 286 g/mol. The molecule has 2 aromatic heterocycles. The van der Waals surface area contributed by atoms with Gasteiger partial charge in [0, 0.05) is 18.8 Å². The summed E-state index contributed by atoms with van der Waals surface area (Å²) in [5, 5.41) is 19.8. The molecule has 0 amide bonds. The first-order chi connectivity index (χ1) is 10.6. The number of aliphatic hydroxyl groups is 1. The highest BCUT2D eigenvalue weighted by molar-refractivity contribution is 5.52. The summed E-state index contributed by atoms with van der Waals surface area (Å²) in [7, 11) is 0. The zero-order valence-electron chi connectivity index (χ0n) is 12.3. The largest absolute Gasteiger partial charge is 0.504 e. The van der Waals surface area contributed by atoms with Crippen LogP contribution in [0.15, 0.2) is 29.2 Å². The summed E-state index contributed by atoms with van der Waals surface area (Å²) in [6.07, 6.45) is 1.04. The quantitative estimate of drug-likeness (QED) is 0.825. The Morgan fingerprint density at radius 3 is 3.00 bits per heavy atom. The Kier molecular flexibility index (Phi) is 4.10. The van der Waals surface area contributed by atoms with Crippen molar-refractivity contribution in [1.29, 1.82) is 0 Å². The third-order valence-electron chi connectivity index (χ3n) is 3.99. The summed E-state index contributed by atoms with van der Waals surface area (Å²) in [6, 6.07) is 4.44. The highest BCUT2D eigenvalue weighted by Crippen LogP contribution is 2.17. The van der Waals surface area contributed by atoms with Crippen LogP contribution in [0.1, 0.15) is 12.6 Å². The molecule has 1 saturated heterocycles. The molecule has 3 rings (SSSR count). The molecule has 0 aliphatic carbocycles. The fraction of sp³-hybridized carbons (Fsp3) is 0.467. The number of fused-ring (bicyclic) bond motifs is 1. The Labute approximate surface area is 127 Å². The Balaban J connectivity index is 1.93. The van der Waals surface area contributed by atoms with Crippen molar-refractivity contribution in [1.82, 2.24) is 14.3 Å². The molecule has 0 aromatic carbocycles. The lowest BCUT2D eigenvalue weighted by atomic mass is 10.1. The zero-order valence-corrected chi connectivity index (χ0v) is 12.3. The highest BCUT2D eigenvalue weighted by Gasteiger charge is 2.31. The molecule has 0 radical (unpaired) electrons. The third-order valence-corrected chi connectivity index (χ3v) is 3.99. The lowest BCUT2D eigenvalue weighted by Gasteiger charge is -2.28. The lowest BCUT2D eigenvalue weighted by Crippen LogP contribution is -2.42. The van der Waals surface area contributed by atoms with E-state index in [0.29, 0.717) is 32.0 Å². The molecular formula is C15H19N3O4. The van der Waals surface area contributed by atoms with Gasteiger partial charge in [-0.3, -0.25) is 14.1 Å². The summed E-state index contributed by atoms with van der Waals surface area (Å²) < 4.78 is 6.59. The van der Waals surface area contributed by atoms with Crippen molar-refractivity contribution in [3.8, 4) is 5.75 Å². The number of pyridine rings is 1. The maximum atomic E-state index is 12.1. The summed E-state index contributed by atoms with van der Waals surface area (Å²) >= 11 is 0. The minimum absolute atomic E-state index is 0.0336. The van der Waals surface area contributed by atoms with E-state index < -0.39 is 6.10 Å². The van der Waals surface area contributed by atoms with Gasteiger partial charge < -0.3 is 14.9 Å². The van der Waals surface area contributed by atoms with E-state index in [0.717, 1.165) is 0 Å². The molecule has 3 heterocycles. The normalized spacial score (nSPS) is 21.8. The monoisotopic (exact) mass is 305 g/mol. The van der Waals surface area contributed by atoms with Gasteiger partial charge in [0.25, 0.3) is 5.56 Å². The standard InChI is InChI=1S/C15H19N3O4/c1-2-17(11-8-22-9-13(11)20)7-10-6-14(21)18-5-3-4-12(19)15(18)16-10/h3-6,11,13,19-20H,2,7-9H2,1H3/t11-,13-/m1/s1. The number of aromatic hydroxyl groups is 1. The number of hydrogen-bond acceptors (Lipinski definition) is 6. The molecule has 2 N–H and O–H groups in total. The van der Waals surface area contributed by atoms with Crippen molar-refractivity contribution in [2.24, 2.45) is 0 Å². The molecule has 0 bridgehead atoms. The number of nitrogens with zero attached hydrogens (tertiary/aromatic N) is 3. The Bertz CT molecular complexity index is 730. The molecule has 7 nitrogen and oxygen atoms in total. The average molecular weight is 305 g/mol. The number of aromatic nitrogens is 2. The molecule has 0 saturated carbocycles. The fourth-order valence-corrected chi connectivity index (χ4v) is 2.79. The summed E-state index contributed by atoms with van der Waals surface area (Å²) in [5.74, 6) is -0.0336. The van der Waals surface area contributed by atoms with Gasteiger partial charge in [0.2, 0.25) is 0 Å². The van der Waals surface area contributed by atoms with Crippen LogP contribution in [-0.4, -0.2) is 56.4 Å². The summed E-state index contributed by atoms with van der Waals surface area (Å²) in [4.78, 5) is 18.5. The molecule has 22 heavy (non-hydrogen) atoms. The van der Waals surface area contributed by atoms with Gasteiger partial charge in [0.15, 0.2) is 11.4 Å². The van der Waals surface area contributed by atoms with Crippen molar-refractivity contribution in [3.63, 3.8) is 0 Å². The van der Waals surface area contributed by atoms with Gasteiger partial charge in [-0.1, -0.05) is 6.92 Å². The Morgan fingerprint density at radius 1 is 1.50 bits per heavy atom. The van der Waals surface area contributed by atoms with Crippen LogP contribution >= 0.6 is 0 Å². The van der Waals surface area contributed by atoms with Crippen LogP contribution in [0.3, 0.4) is 0 Å². The van der Waals surface area contributed by atoms with E-state index in [9.17, 15) is 15.0 Å². The van der Waals surface area contributed by atoms with Gasteiger partial charge in [-0.25, -0.2) is 4.98 Å². The first-order valence-corrected chi connectivity index (χ1v) is 7.30. The molecule has 0 unspecified atom stereocenters. The molecule has 1 fully saturated rings. The van der Waals surface area contributed by atoms with Crippen LogP contribution in [0.4, 0.5) is 0 Å². The highest BCUT2D eigenvalue weighted by atomic mass is 16.5. The average Bonchev–Trinajstić information content (AvgIpc) is 2.92. The molecule has 1 aliphatic rings. The van der Waals surface area contributed by atoms with Crippen LogP contribution in [0, 0.1) is 0 Å². The lowest BCUT2D eigenvalue weighted by molar-refractivity contribution is 0.0801. The topological polar surface area (TPSA) is 87.3 Å². The number of likely N-dealkylation sites (N-methyl/N-ethyl adjacent to an activating group) is 1. The summed E-state index contributed by atoms with van der Waals surface area (Å²) in [6.45, 7) is 3.90. The molecule has 2 aromatic rings. The van der Waals surface area contributed by atoms with Crippen LogP contribution in [-0.2, 0) is 11.3 Å². The van der Waals surface area contributed by atoms with Crippen molar-refractivity contribution < 1.29 is 14.9 Å². The van der Waals surface area contributed by atoms with Crippen LogP contribution in [0.5, 0.6) is 5.75 Å². The van der Waals surface area contributed by atoms with Gasteiger partial charge in [0.1, 0.15) is 0 Å². The van der Waals surface area contributed by atoms with E-state index in [-0.39, 0.29) is 23.0 Å². The smallest absolute Gasteiger partial charge is 0.258 e. The molecule has 7 heteroatoms. The number of hydrogen-bond donors (Lipinski definition) is 2. The maximum absolute atomic E-state index is 12.1. The van der Waals surface area contributed by atoms with E-state index in [1.54, 1.807) is 12.3 Å². The predicted molar refractivity (Wildman–Crippen MR) is 79.8 cm³/mol. The van der Waals surface area contributed by atoms with Crippen LogP contribution < -0.4 is 5.56 Å².